The van der Waals surface area contributed by atoms with Crippen LogP contribution in [0.5, 0.6) is 11.5 Å². The molecule has 1 aliphatic carbocycles. The highest BCUT2D eigenvalue weighted by Crippen LogP contribution is 2.38. The largest absolute Gasteiger partial charge is 0.497 e. The molecule has 37 heavy (non-hydrogen) atoms. The van der Waals surface area contributed by atoms with Crippen molar-refractivity contribution >= 4 is 5.97 Å². The molecule has 1 atom stereocenters. The third-order valence-corrected chi connectivity index (χ3v) is 7.37. The standard InChI is InChI=1S/C32H37FO4/c1-5-14-32(2,3)19-24-15-21(6-12-27(24)29-17-25(36-4)11-13-30(29)33)20-37-26-10-9-22-7-8-23(16-31(34)35)28(22)18-26/h6,9-13,15,17-18,23H,5,7-8,14,16,19-20H2,1-4H3,(H,34,35). The van der Waals surface area contributed by atoms with Gasteiger partial charge in [0.05, 0.1) is 13.5 Å². The van der Waals surface area contributed by atoms with Crippen molar-refractivity contribution in [2.75, 3.05) is 7.11 Å². The minimum absolute atomic E-state index is 0.0421. The van der Waals surface area contributed by atoms with Gasteiger partial charge in [0.15, 0.2) is 0 Å². The topological polar surface area (TPSA) is 55.8 Å². The summed E-state index contributed by atoms with van der Waals surface area (Å²) in [5, 5.41) is 9.25. The summed E-state index contributed by atoms with van der Waals surface area (Å²) in [6.07, 6.45) is 4.89. The van der Waals surface area contributed by atoms with Crippen LogP contribution < -0.4 is 9.47 Å². The Morgan fingerprint density at radius 1 is 1.05 bits per heavy atom. The number of aryl methyl sites for hydroxylation is 1. The number of hydrogen-bond acceptors (Lipinski definition) is 3. The van der Waals surface area contributed by atoms with Gasteiger partial charge in [0.25, 0.3) is 0 Å². The summed E-state index contributed by atoms with van der Waals surface area (Å²) in [7, 11) is 1.59. The molecule has 3 aromatic rings. The molecule has 0 bridgehead atoms. The minimum atomic E-state index is -0.768. The van der Waals surface area contributed by atoms with E-state index in [0.717, 1.165) is 60.1 Å². The SMILES string of the molecule is CCCC(C)(C)Cc1cc(COc2ccc3c(c2)C(CC(=O)O)CC3)ccc1-c1cc(OC)ccc1F. The summed E-state index contributed by atoms with van der Waals surface area (Å²) in [6, 6.07) is 17.0. The van der Waals surface area contributed by atoms with Crippen molar-refractivity contribution in [3.05, 3.63) is 82.7 Å². The van der Waals surface area contributed by atoms with E-state index < -0.39 is 5.97 Å². The van der Waals surface area contributed by atoms with E-state index in [1.165, 1.54) is 11.6 Å². The fourth-order valence-electron chi connectivity index (χ4n) is 5.61. The third-order valence-electron chi connectivity index (χ3n) is 7.37. The molecule has 0 fully saturated rings. The van der Waals surface area contributed by atoms with E-state index in [1.54, 1.807) is 19.2 Å². The second kappa shape index (κ2) is 11.4. The van der Waals surface area contributed by atoms with Crippen LogP contribution in [-0.2, 0) is 24.2 Å². The normalized spacial score (nSPS) is 14.9. The second-order valence-electron chi connectivity index (χ2n) is 10.9. The average molecular weight is 505 g/mol. The fourth-order valence-corrected chi connectivity index (χ4v) is 5.61. The van der Waals surface area contributed by atoms with Gasteiger partial charge in [-0.25, -0.2) is 4.39 Å². The lowest BCUT2D eigenvalue weighted by atomic mass is 9.79. The monoisotopic (exact) mass is 504 g/mol. The first kappa shape index (κ1) is 26.7. The van der Waals surface area contributed by atoms with Crippen LogP contribution >= 0.6 is 0 Å². The number of carboxylic acids is 1. The average Bonchev–Trinajstić information content (AvgIpc) is 3.24. The lowest BCUT2D eigenvalue weighted by Crippen LogP contribution is -2.15. The van der Waals surface area contributed by atoms with Gasteiger partial charge in [-0.1, -0.05) is 51.5 Å². The highest BCUT2D eigenvalue weighted by Gasteiger charge is 2.25. The predicted octanol–water partition coefficient (Wildman–Crippen LogP) is 7.95. The summed E-state index contributed by atoms with van der Waals surface area (Å²) in [5.74, 6) is 0.372. The first-order valence-electron chi connectivity index (χ1n) is 13.1. The number of carboxylic acid groups (broad SMARTS) is 1. The highest BCUT2D eigenvalue weighted by molar-refractivity contribution is 5.70. The van der Waals surface area contributed by atoms with Crippen molar-refractivity contribution in [1.82, 2.24) is 0 Å². The van der Waals surface area contributed by atoms with E-state index in [0.29, 0.717) is 17.9 Å². The molecule has 1 aliphatic rings. The van der Waals surface area contributed by atoms with Gasteiger partial charge in [-0.3, -0.25) is 4.79 Å². The number of rotatable bonds is 11. The smallest absolute Gasteiger partial charge is 0.303 e. The third kappa shape index (κ3) is 6.51. The number of hydrogen-bond donors (Lipinski definition) is 1. The predicted molar refractivity (Wildman–Crippen MR) is 145 cm³/mol. The van der Waals surface area contributed by atoms with Crippen LogP contribution in [0.1, 0.15) is 74.6 Å². The molecule has 3 aromatic carbocycles. The van der Waals surface area contributed by atoms with Crippen molar-refractivity contribution in [3.63, 3.8) is 0 Å². The van der Waals surface area contributed by atoms with Gasteiger partial charge in [0, 0.05) is 5.56 Å². The van der Waals surface area contributed by atoms with Gasteiger partial charge < -0.3 is 14.6 Å². The Balaban J connectivity index is 1.61. The molecular formula is C32H37FO4. The number of fused-ring (bicyclic) bond motifs is 1. The Labute approximate surface area is 219 Å². The lowest BCUT2D eigenvalue weighted by molar-refractivity contribution is -0.137. The summed E-state index contributed by atoms with van der Waals surface area (Å²) < 4.78 is 26.5. The molecule has 0 spiro atoms. The molecule has 5 heteroatoms. The van der Waals surface area contributed by atoms with E-state index in [4.69, 9.17) is 9.47 Å². The van der Waals surface area contributed by atoms with Crippen LogP contribution in [0, 0.1) is 11.2 Å². The number of benzene rings is 3. The van der Waals surface area contributed by atoms with Crippen molar-refractivity contribution in [2.45, 2.75) is 71.8 Å². The van der Waals surface area contributed by atoms with Crippen LogP contribution in [0.15, 0.2) is 54.6 Å². The van der Waals surface area contributed by atoms with Gasteiger partial charge in [-0.2, -0.15) is 0 Å². The summed E-state index contributed by atoms with van der Waals surface area (Å²) in [6.45, 7) is 7.07. The zero-order valence-electron chi connectivity index (χ0n) is 22.3. The van der Waals surface area contributed by atoms with Gasteiger partial charge >= 0.3 is 5.97 Å². The van der Waals surface area contributed by atoms with Crippen molar-refractivity contribution in [2.24, 2.45) is 5.41 Å². The van der Waals surface area contributed by atoms with Crippen LogP contribution in [0.3, 0.4) is 0 Å². The summed E-state index contributed by atoms with van der Waals surface area (Å²) >= 11 is 0. The van der Waals surface area contributed by atoms with E-state index in [-0.39, 0.29) is 23.6 Å². The number of aliphatic carboxylic acids is 1. The number of carbonyl (C=O) groups is 1. The Bertz CT molecular complexity index is 1260. The molecular weight excluding hydrogens is 467 g/mol. The van der Waals surface area contributed by atoms with Crippen LogP contribution in [0.2, 0.25) is 0 Å². The maximum atomic E-state index is 14.9. The molecule has 196 valence electrons. The minimum Gasteiger partial charge on any atom is -0.497 e. The first-order valence-corrected chi connectivity index (χ1v) is 13.1. The van der Waals surface area contributed by atoms with E-state index in [2.05, 4.69) is 32.9 Å². The molecule has 0 heterocycles. The van der Waals surface area contributed by atoms with Gasteiger partial charge in [0.2, 0.25) is 0 Å². The van der Waals surface area contributed by atoms with Crippen LogP contribution in [0.4, 0.5) is 4.39 Å². The summed E-state index contributed by atoms with van der Waals surface area (Å²) in [5.41, 5.74) is 5.88. The van der Waals surface area contributed by atoms with Gasteiger partial charge in [-0.05, 0) is 95.2 Å². The first-order chi connectivity index (χ1) is 17.7. The number of methoxy groups -OCH3 is 1. The van der Waals surface area contributed by atoms with Crippen molar-refractivity contribution < 1.29 is 23.8 Å². The maximum absolute atomic E-state index is 14.9. The number of halogens is 1. The Hall–Kier alpha value is -3.34. The molecule has 0 radical (unpaired) electrons. The van der Waals surface area contributed by atoms with Crippen LogP contribution in [0.25, 0.3) is 11.1 Å². The quantitative estimate of drug-likeness (QED) is 0.288. The van der Waals surface area contributed by atoms with Gasteiger partial charge in [-0.15, -0.1) is 0 Å². The molecule has 1 N–H and O–H groups in total. The fraction of sp³-hybridized carbons (Fsp3) is 0.406. The van der Waals surface area contributed by atoms with E-state index in [9.17, 15) is 14.3 Å². The van der Waals surface area contributed by atoms with E-state index in [1.807, 2.05) is 24.3 Å². The van der Waals surface area contributed by atoms with Gasteiger partial charge in [0.1, 0.15) is 23.9 Å². The second-order valence-corrected chi connectivity index (χ2v) is 10.9. The zero-order valence-corrected chi connectivity index (χ0v) is 22.3. The Morgan fingerprint density at radius 2 is 1.84 bits per heavy atom. The van der Waals surface area contributed by atoms with E-state index >= 15 is 0 Å². The number of ether oxygens (including phenoxy) is 2. The molecule has 1 unspecified atom stereocenters. The maximum Gasteiger partial charge on any atom is 0.303 e. The zero-order chi connectivity index (χ0) is 26.6. The highest BCUT2D eigenvalue weighted by atomic mass is 19.1. The molecule has 0 saturated carbocycles. The molecule has 0 saturated heterocycles. The molecule has 4 nitrogen and oxygen atoms in total. The van der Waals surface area contributed by atoms with Crippen molar-refractivity contribution in [1.29, 1.82) is 0 Å². The molecule has 0 aromatic heterocycles. The molecule has 0 aliphatic heterocycles. The molecule has 0 amide bonds. The lowest BCUT2D eigenvalue weighted by Gasteiger charge is -2.26. The Morgan fingerprint density at radius 3 is 2.57 bits per heavy atom. The summed E-state index contributed by atoms with van der Waals surface area (Å²) in [4.78, 5) is 11.3. The van der Waals surface area contributed by atoms with Crippen molar-refractivity contribution in [3.8, 4) is 22.6 Å². The molecule has 4 rings (SSSR count). The Kier molecular flexibility index (Phi) is 8.21. The van der Waals surface area contributed by atoms with Crippen LogP contribution in [-0.4, -0.2) is 18.2 Å².